The lowest BCUT2D eigenvalue weighted by molar-refractivity contribution is -0.113. The Kier molecular flexibility index (Phi) is 3.27. The Labute approximate surface area is 119 Å². The summed E-state index contributed by atoms with van der Waals surface area (Å²) in [5.41, 5.74) is 1.79. The van der Waals surface area contributed by atoms with E-state index in [9.17, 15) is 9.90 Å². The summed E-state index contributed by atoms with van der Waals surface area (Å²) in [6.07, 6.45) is 1.69. The number of hydrogen-bond donors (Lipinski definition) is 3. The molecule has 0 radical (unpaired) electrons. The first-order valence-electron chi connectivity index (χ1n) is 6.00. The zero-order valence-electron chi connectivity index (χ0n) is 10.7. The third-order valence-corrected chi connectivity index (χ3v) is 4.39. The van der Waals surface area contributed by atoms with Crippen LogP contribution in [0.3, 0.4) is 0 Å². The summed E-state index contributed by atoms with van der Waals surface area (Å²) in [6, 6.07) is 5.25. The molecule has 7 heteroatoms. The zero-order valence-corrected chi connectivity index (χ0v) is 11.5. The van der Waals surface area contributed by atoms with Crippen molar-refractivity contribution in [3.05, 3.63) is 35.5 Å². The molecule has 0 bridgehead atoms. The van der Waals surface area contributed by atoms with E-state index in [4.69, 9.17) is 4.74 Å². The van der Waals surface area contributed by atoms with E-state index in [1.807, 2.05) is 6.07 Å². The Bertz CT molecular complexity index is 656. The number of phenolic OH excluding ortho intramolecular Hbond substituents is 1. The molecule has 1 aliphatic heterocycles. The molecule has 1 amide bonds. The number of aromatic hydroxyl groups is 1. The number of phenols is 1. The molecule has 1 aromatic heterocycles. The van der Waals surface area contributed by atoms with Gasteiger partial charge >= 0.3 is 0 Å². The minimum atomic E-state index is -0.0699. The van der Waals surface area contributed by atoms with E-state index in [1.165, 1.54) is 18.9 Å². The molecule has 0 fully saturated rings. The number of thioether (sulfide) groups is 1. The van der Waals surface area contributed by atoms with Crippen LogP contribution in [0.15, 0.2) is 24.4 Å². The molecule has 3 N–H and O–H groups in total. The molecule has 0 unspecified atom stereocenters. The number of carbonyl (C=O) groups is 1. The van der Waals surface area contributed by atoms with Gasteiger partial charge < -0.3 is 15.2 Å². The number of H-pyrrole nitrogens is 1. The second kappa shape index (κ2) is 5.09. The van der Waals surface area contributed by atoms with Crippen LogP contribution in [0.5, 0.6) is 11.5 Å². The fraction of sp³-hybridized carbons (Fsp3) is 0.231. The zero-order chi connectivity index (χ0) is 14.1. The Morgan fingerprint density at radius 3 is 3.10 bits per heavy atom. The molecular formula is C13H13N3O3S. The molecule has 104 valence electrons. The number of carbonyl (C=O) groups excluding carboxylic acids is 1. The maximum atomic E-state index is 11.6. The number of nitrogens with zero attached hydrogens (tertiary/aromatic N) is 1. The van der Waals surface area contributed by atoms with Gasteiger partial charge in [-0.3, -0.25) is 9.89 Å². The fourth-order valence-corrected chi connectivity index (χ4v) is 3.25. The molecule has 20 heavy (non-hydrogen) atoms. The van der Waals surface area contributed by atoms with E-state index in [0.29, 0.717) is 17.3 Å². The van der Waals surface area contributed by atoms with E-state index in [2.05, 4.69) is 15.5 Å². The molecule has 2 aromatic rings. The number of rotatable bonds is 2. The third kappa shape index (κ3) is 2.20. The fourth-order valence-electron chi connectivity index (χ4n) is 2.16. The molecule has 6 nitrogen and oxygen atoms in total. The molecule has 2 heterocycles. The van der Waals surface area contributed by atoms with E-state index < -0.39 is 0 Å². The highest BCUT2D eigenvalue weighted by atomic mass is 32.2. The average molecular weight is 291 g/mol. The van der Waals surface area contributed by atoms with Crippen LogP contribution in [0, 0.1) is 0 Å². The minimum Gasteiger partial charge on any atom is -0.504 e. The molecule has 0 saturated carbocycles. The molecular weight excluding hydrogens is 278 g/mol. The lowest BCUT2D eigenvalue weighted by Crippen LogP contribution is -2.12. The van der Waals surface area contributed by atoms with E-state index >= 15 is 0 Å². The number of nitrogens with one attached hydrogen (secondary N) is 2. The van der Waals surface area contributed by atoms with Crippen molar-refractivity contribution in [2.45, 2.75) is 5.25 Å². The second-order valence-corrected chi connectivity index (χ2v) is 5.46. The van der Waals surface area contributed by atoms with Crippen molar-refractivity contribution in [1.29, 1.82) is 0 Å². The largest absolute Gasteiger partial charge is 0.504 e. The summed E-state index contributed by atoms with van der Waals surface area (Å²) >= 11 is 1.49. The van der Waals surface area contributed by atoms with E-state index in [-0.39, 0.29) is 16.9 Å². The predicted octanol–water partition coefficient (Wildman–Crippen LogP) is 1.90. The molecule has 3 rings (SSSR count). The van der Waals surface area contributed by atoms with E-state index in [0.717, 1.165) is 11.1 Å². The number of amides is 1. The van der Waals surface area contributed by atoms with Crippen LogP contribution in [-0.4, -0.2) is 34.1 Å². The number of anilines is 1. The van der Waals surface area contributed by atoms with Crippen molar-refractivity contribution in [3.63, 3.8) is 0 Å². The SMILES string of the molecule is COc1ccc([C@H]2SCC(=O)Nc3[nH]ncc32)cc1O. The summed E-state index contributed by atoms with van der Waals surface area (Å²) in [4.78, 5) is 11.6. The molecule has 0 spiro atoms. The first kappa shape index (κ1) is 12.9. The highest BCUT2D eigenvalue weighted by molar-refractivity contribution is 8.00. The number of ether oxygens (including phenoxy) is 1. The topological polar surface area (TPSA) is 87.2 Å². The van der Waals surface area contributed by atoms with Crippen molar-refractivity contribution in [3.8, 4) is 11.5 Å². The van der Waals surface area contributed by atoms with Crippen LogP contribution in [0.1, 0.15) is 16.4 Å². The standard InChI is InChI=1S/C13H13N3O3S/c1-19-10-3-2-7(4-9(10)17)12-8-5-14-16-13(8)15-11(18)6-20-12/h2-5,12,17H,6H2,1H3,(H2,14,15,16,18)/t12-/m1/s1. The van der Waals surface area contributed by atoms with Crippen LogP contribution < -0.4 is 10.1 Å². The van der Waals surface area contributed by atoms with Crippen LogP contribution in [0.25, 0.3) is 0 Å². The van der Waals surface area contributed by atoms with Crippen molar-refractivity contribution < 1.29 is 14.6 Å². The normalized spacial score (nSPS) is 18.1. The summed E-state index contributed by atoms with van der Waals surface area (Å²) in [5.74, 6) is 1.40. The number of benzene rings is 1. The third-order valence-electron chi connectivity index (χ3n) is 3.10. The summed E-state index contributed by atoms with van der Waals surface area (Å²) in [7, 11) is 1.51. The number of fused-ring (bicyclic) bond motifs is 1. The molecule has 1 aromatic carbocycles. The van der Waals surface area contributed by atoms with Gasteiger partial charge in [-0.25, -0.2) is 0 Å². The quantitative estimate of drug-likeness (QED) is 0.786. The van der Waals surface area contributed by atoms with Gasteiger partial charge in [0.05, 0.1) is 24.3 Å². The number of hydrogen-bond acceptors (Lipinski definition) is 5. The van der Waals surface area contributed by atoms with Gasteiger partial charge in [0.2, 0.25) is 5.91 Å². The van der Waals surface area contributed by atoms with Gasteiger partial charge in [-0.1, -0.05) is 6.07 Å². The second-order valence-electron chi connectivity index (χ2n) is 4.37. The van der Waals surface area contributed by atoms with Gasteiger partial charge in [0.25, 0.3) is 0 Å². The van der Waals surface area contributed by atoms with Crippen LogP contribution in [-0.2, 0) is 4.79 Å². The lowest BCUT2D eigenvalue weighted by atomic mass is 10.1. The van der Waals surface area contributed by atoms with Gasteiger partial charge in [-0.15, -0.1) is 11.8 Å². The Morgan fingerprint density at radius 1 is 1.50 bits per heavy atom. The molecule has 1 atom stereocenters. The van der Waals surface area contributed by atoms with Crippen LogP contribution in [0.4, 0.5) is 5.82 Å². The number of aromatic nitrogens is 2. The number of methoxy groups -OCH3 is 1. The summed E-state index contributed by atoms with van der Waals surface area (Å²) in [5, 5.41) is 19.4. The maximum Gasteiger partial charge on any atom is 0.235 e. The molecule has 0 saturated heterocycles. The van der Waals surface area contributed by atoms with E-state index in [1.54, 1.807) is 18.3 Å². The highest BCUT2D eigenvalue weighted by Crippen LogP contribution is 2.42. The Morgan fingerprint density at radius 2 is 2.35 bits per heavy atom. The monoisotopic (exact) mass is 291 g/mol. The van der Waals surface area contributed by atoms with Crippen LogP contribution in [0.2, 0.25) is 0 Å². The van der Waals surface area contributed by atoms with Crippen LogP contribution >= 0.6 is 11.8 Å². The first-order chi connectivity index (χ1) is 9.69. The first-order valence-corrected chi connectivity index (χ1v) is 7.05. The molecule has 1 aliphatic rings. The van der Waals surface area contributed by atoms with Gasteiger partial charge in [0.15, 0.2) is 11.5 Å². The predicted molar refractivity (Wildman–Crippen MR) is 76.2 cm³/mol. The average Bonchev–Trinajstić information content (AvgIpc) is 2.81. The van der Waals surface area contributed by atoms with Crippen molar-refractivity contribution in [2.24, 2.45) is 0 Å². The van der Waals surface area contributed by atoms with Gasteiger partial charge in [-0.05, 0) is 17.7 Å². The minimum absolute atomic E-state index is 0.0688. The van der Waals surface area contributed by atoms with Gasteiger partial charge in [0, 0.05) is 5.56 Å². The number of aromatic amines is 1. The lowest BCUT2D eigenvalue weighted by Gasteiger charge is -2.15. The summed E-state index contributed by atoms with van der Waals surface area (Å²) in [6.45, 7) is 0. The summed E-state index contributed by atoms with van der Waals surface area (Å²) < 4.78 is 5.04. The Hall–Kier alpha value is -2.15. The van der Waals surface area contributed by atoms with Crippen molar-refractivity contribution in [2.75, 3.05) is 18.2 Å². The maximum absolute atomic E-state index is 11.6. The highest BCUT2D eigenvalue weighted by Gasteiger charge is 2.26. The van der Waals surface area contributed by atoms with Crippen molar-refractivity contribution >= 4 is 23.5 Å². The van der Waals surface area contributed by atoms with Crippen molar-refractivity contribution in [1.82, 2.24) is 10.2 Å². The smallest absolute Gasteiger partial charge is 0.235 e. The molecule has 0 aliphatic carbocycles. The van der Waals surface area contributed by atoms with Gasteiger partial charge in [-0.2, -0.15) is 5.10 Å². The Balaban J connectivity index is 2.02. The van der Waals surface area contributed by atoms with Gasteiger partial charge in [0.1, 0.15) is 5.82 Å².